The van der Waals surface area contributed by atoms with Crippen molar-refractivity contribution in [2.24, 2.45) is 5.73 Å². The van der Waals surface area contributed by atoms with Crippen LogP contribution in [0.2, 0.25) is 0 Å². The molecule has 1 aromatic carbocycles. The van der Waals surface area contributed by atoms with E-state index in [1.54, 1.807) is 7.11 Å². The molecule has 1 aliphatic heterocycles. The summed E-state index contributed by atoms with van der Waals surface area (Å²) in [5.74, 6) is 0.852. The van der Waals surface area contributed by atoms with Gasteiger partial charge in [0.2, 0.25) is 0 Å². The van der Waals surface area contributed by atoms with E-state index in [1.165, 1.54) is 0 Å². The average Bonchev–Trinajstić information content (AvgIpc) is 2.83. The molecule has 0 bridgehead atoms. The van der Waals surface area contributed by atoms with E-state index in [0.29, 0.717) is 13.2 Å². The van der Waals surface area contributed by atoms with Crippen molar-refractivity contribution in [3.05, 3.63) is 29.8 Å². The lowest BCUT2D eigenvalue weighted by molar-refractivity contribution is -0.0585. The Hall–Kier alpha value is -1.10. The van der Waals surface area contributed by atoms with E-state index in [-0.39, 0.29) is 12.3 Å². The van der Waals surface area contributed by atoms with Gasteiger partial charge in [0, 0.05) is 0 Å². The van der Waals surface area contributed by atoms with Crippen LogP contribution in [-0.2, 0) is 15.9 Å². The normalized spacial score (nSPS) is 18.6. The SMILES string of the molecule is COc1ccc(C[C@H](N)C2OCCO2)cc1. The lowest BCUT2D eigenvalue weighted by Crippen LogP contribution is -2.37. The minimum Gasteiger partial charge on any atom is -0.497 e. The molecule has 2 N–H and O–H groups in total. The third kappa shape index (κ3) is 2.72. The van der Waals surface area contributed by atoms with Crippen molar-refractivity contribution in [2.45, 2.75) is 18.8 Å². The first kappa shape index (κ1) is 11.4. The van der Waals surface area contributed by atoms with Gasteiger partial charge in [-0.3, -0.25) is 0 Å². The molecule has 1 heterocycles. The Morgan fingerprint density at radius 1 is 1.31 bits per heavy atom. The average molecular weight is 223 g/mol. The summed E-state index contributed by atoms with van der Waals surface area (Å²) in [5, 5.41) is 0. The molecule has 1 aliphatic rings. The van der Waals surface area contributed by atoms with Crippen LogP contribution in [-0.4, -0.2) is 32.7 Å². The summed E-state index contributed by atoms with van der Waals surface area (Å²) in [5.41, 5.74) is 7.16. The van der Waals surface area contributed by atoms with Crippen molar-refractivity contribution in [3.63, 3.8) is 0 Å². The highest BCUT2D eigenvalue weighted by Crippen LogP contribution is 2.15. The van der Waals surface area contributed by atoms with Crippen LogP contribution in [0.1, 0.15) is 5.56 Å². The number of benzene rings is 1. The molecule has 0 spiro atoms. The van der Waals surface area contributed by atoms with Crippen molar-refractivity contribution < 1.29 is 14.2 Å². The van der Waals surface area contributed by atoms with Gasteiger partial charge >= 0.3 is 0 Å². The van der Waals surface area contributed by atoms with Crippen LogP contribution in [0.5, 0.6) is 5.75 Å². The van der Waals surface area contributed by atoms with Gasteiger partial charge in [0.05, 0.1) is 26.4 Å². The molecular weight excluding hydrogens is 206 g/mol. The molecule has 4 nitrogen and oxygen atoms in total. The Bertz CT molecular complexity index is 320. The Morgan fingerprint density at radius 3 is 2.50 bits per heavy atom. The molecule has 0 aromatic heterocycles. The summed E-state index contributed by atoms with van der Waals surface area (Å²) in [6.07, 6.45) is 0.483. The molecule has 88 valence electrons. The fourth-order valence-electron chi connectivity index (χ4n) is 1.75. The summed E-state index contributed by atoms with van der Waals surface area (Å²) >= 11 is 0. The van der Waals surface area contributed by atoms with Gasteiger partial charge in [0.25, 0.3) is 0 Å². The van der Waals surface area contributed by atoms with Crippen molar-refractivity contribution >= 4 is 0 Å². The predicted molar refractivity (Wildman–Crippen MR) is 60.4 cm³/mol. The van der Waals surface area contributed by atoms with Crippen LogP contribution in [0.15, 0.2) is 24.3 Å². The summed E-state index contributed by atoms with van der Waals surface area (Å²) in [4.78, 5) is 0. The fraction of sp³-hybridized carbons (Fsp3) is 0.500. The highest BCUT2D eigenvalue weighted by Gasteiger charge is 2.23. The molecule has 16 heavy (non-hydrogen) atoms. The molecule has 1 fully saturated rings. The van der Waals surface area contributed by atoms with Gasteiger partial charge in [-0.05, 0) is 24.1 Å². The van der Waals surface area contributed by atoms with Gasteiger partial charge in [-0.2, -0.15) is 0 Å². The number of methoxy groups -OCH3 is 1. The third-order valence-electron chi connectivity index (χ3n) is 2.63. The van der Waals surface area contributed by atoms with Crippen molar-refractivity contribution in [3.8, 4) is 5.75 Å². The number of ether oxygens (including phenoxy) is 3. The Balaban J connectivity index is 1.92. The first-order valence-corrected chi connectivity index (χ1v) is 5.41. The van der Waals surface area contributed by atoms with E-state index < -0.39 is 0 Å². The monoisotopic (exact) mass is 223 g/mol. The Kier molecular flexibility index (Phi) is 3.77. The lowest BCUT2D eigenvalue weighted by Gasteiger charge is -2.17. The first-order valence-electron chi connectivity index (χ1n) is 5.41. The summed E-state index contributed by atoms with van der Waals surface area (Å²) in [6.45, 7) is 1.28. The topological polar surface area (TPSA) is 53.7 Å². The maximum absolute atomic E-state index is 6.00. The van der Waals surface area contributed by atoms with Gasteiger partial charge in [0.1, 0.15) is 5.75 Å². The smallest absolute Gasteiger partial charge is 0.173 e. The molecule has 1 atom stereocenters. The van der Waals surface area contributed by atoms with Crippen LogP contribution < -0.4 is 10.5 Å². The number of rotatable bonds is 4. The van der Waals surface area contributed by atoms with Crippen LogP contribution in [0, 0.1) is 0 Å². The van der Waals surface area contributed by atoms with Gasteiger partial charge in [0.15, 0.2) is 6.29 Å². The molecule has 2 rings (SSSR count). The van der Waals surface area contributed by atoms with Gasteiger partial charge < -0.3 is 19.9 Å². The highest BCUT2D eigenvalue weighted by molar-refractivity contribution is 5.27. The standard InChI is InChI=1S/C12H17NO3/c1-14-10-4-2-9(3-5-10)8-11(13)12-15-6-7-16-12/h2-5,11-12H,6-8,13H2,1H3/t11-/m0/s1. The van der Waals surface area contributed by atoms with Crippen LogP contribution in [0.4, 0.5) is 0 Å². The van der Waals surface area contributed by atoms with E-state index in [1.807, 2.05) is 24.3 Å². The van der Waals surface area contributed by atoms with Crippen molar-refractivity contribution in [1.82, 2.24) is 0 Å². The predicted octanol–water partition coefficient (Wildman–Crippen LogP) is 0.938. The number of hydrogen-bond acceptors (Lipinski definition) is 4. The van der Waals surface area contributed by atoms with Crippen LogP contribution in [0.3, 0.4) is 0 Å². The molecule has 1 aromatic rings. The summed E-state index contributed by atoms with van der Waals surface area (Å²) < 4.78 is 15.8. The zero-order valence-corrected chi connectivity index (χ0v) is 9.39. The molecule has 1 saturated heterocycles. The van der Waals surface area contributed by atoms with E-state index in [0.717, 1.165) is 17.7 Å². The van der Waals surface area contributed by atoms with E-state index in [4.69, 9.17) is 19.9 Å². The van der Waals surface area contributed by atoms with Crippen LogP contribution >= 0.6 is 0 Å². The quantitative estimate of drug-likeness (QED) is 0.825. The maximum Gasteiger partial charge on any atom is 0.173 e. The van der Waals surface area contributed by atoms with Crippen molar-refractivity contribution in [2.75, 3.05) is 20.3 Å². The third-order valence-corrected chi connectivity index (χ3v) is 2.63. The lowest BCUT2D eigenvalue weighted by atomic mass is 10.1. The van der Waals surface area contributed by atoms with E-state index in [2.05, 4.69) is 0 Å². The summed E-state index contributed by atoms with van der Waals surface area (Å²) in [7, 11) is 1.65. The van der Waals surface area contributed by atoms with Crippen molar-refractivity contribution in [1.29, 1.82) is 0 Å². The second-order valence-electron chi connectivity index (χ2n) is 3.83. The Morgan fingerprint density at radius 2 is 1.94 bits per heavy atom. The Labute approximate surface area is 95.3 Å². The molecular formula is C12H17NO3. The molecule has 0 amide bonds. The molecule has 0 aliphatic carbocycles. The zero-order chi connectivity index (χ0) is 11.4. The molecule has 0 unspecified atom stereocenters. The van der Waals surface area contributed by atoms with Crippen LogP contribution in [0.25, 0.3) is 0 Å². The van der Waals surface area contributed by atoms with E-state index >= 15 is 0 Å². The second kappa shape index (κ2) is 5.30. The number of nitrogens with two attached hydrogens (primary N) is 1. The minimum atomic E-state index is -0.262. The van der Waals surface area contributed by atoms with Gasteiger partial charge in [-0.1, -0.05) is 12.1 Å². The first-order chi connectivity index (χ1) is 7.79. The molecule has 0 radical (unpaired) electrons. The van der Waals surface area contributed by atoms with Gasteiger partial charge in [-0.15, -0.1) is 0 Å². The fourth-order valence-corrected chi connectivity index (χ4v) is 1.75. The minimum absolute atomic E-state index is 0.115. The molecule has 4 heteroatoms. The largest absolute Gasteiger partial charge is 0.497 e. The van der Waals surface area contributed by atoms with E-state index in [9.17, 15) is 0 Å². The maximum atomic E-state index is 6.00. The second-order valence-corrected chi connectivity index (χ2v) is 3.83. The zero-order valence-electron chi connectivity index (χ0n) is 9.39. The molecule has 0 saturated carbocycles. The highest BCUT2D eigenvalue weighted by atomic mass is 16.7. The van der Waals surface area contributed by atoms with Gasteiger partial charge in [-0.25, -0.2) is 0 Å². The number of hydrogen-bond donors (Lipinski definition) is 1. The summed E-state index contributed by atoms with van der Waals surface area (Å²) in [6, 6.07) is 7.76.